The second-order valence-electron chi connectivity index (χ2n) is 6.17. The van der Waals surface area contributed by atoms with E-state index >= 15 is 0 Å². The minimum Gasteiger partial charge on any atom is -0.368 e. The van der Waals surface area contributed by atoms with Crippen molar-refractivity contribution in [2.75, 3.05) is 26.3 Å². The van der Waals surface area contributed by atoms with Gasteiger partial charge in [-0.1, -0.05) is 30.3 Å². The van der Waals surface area contributed by atoms with Gasteiger partial charge in [-0.05, 0) is 24.3 Å². The van der Waals surface area contributed by atoms with E-state index in [1.54, 1.807) is 4.90 Å². The fourth-order valence-corrected chi connectivity index (χ4v) is 2.90. The highest BCUT2D eigenvalue weighted by Gasteiger charge is 2.40. The van der Waals surface area contributed by atoms with E-state index < -0.39 is 5.91 Å². The van der Waals surface area contributed by atoms with E-state index in [0.29, 0.717) is 19.0 Å². The average molecular weight is 318 g/mol. The van der Waals surface area contributed by atoms with Gasteiger partial charge in [0.05, 0.1) is 12.6 Å². The number of nitrogens with zero attached hydrogens (tertiary/aromatic N) is 1. The molecule has 1 heterocycles. The maximum absolute atomic E-state index is 12.3. The van der Waals surface area contributed by atoms with Crippen molar-refractivity contribution in [3.8, 4) is 0 Å². The summed E-state index contributed by atoms with van der Waals surface area (Å²) in [6.07, 6.45) is 2.28. The predicted molar refractivity (Wildman–Crippen MR) is 83.4 cm³/mol. The number of carbonyl (C=O) groups is 2. The number of primary amides is 1. The summed E-state index contributed by atoms with van der Waals surface area (Å²) in [6, 6.07) is 9.95. The smallest absolute Gasteiger partial charge is 0.248 e. The molecule has 2 N–H and O–H groups in total. The van der Waals surface area contributed by atoms with Crippen molar-refractivity contribution in [3.05, 3.63) is 35.9 Å². The Morgan fingerprint density at radius 2 is 1.91 bits per heavy atom. The summed E-state index contributed by atoms with van der Waals surface area (Å²) in [4.78, 5) is 24.8. The van der Waals surface area contributed by atoms with Gasteiger partial charge in [0.2, 0.25) is 11.8 Å². The van der Waals surface area contributed by atoms with Gasteiger partial charge < -0.3 is 20.1 Å². The van der Waals surface area contributed by atoms with Crippen LogP contribution in [-0.2, 0) is 19.1 Å². The van der Waals surface area contributed by atoms with E-state index in [9.17, 15) is 9.59 Å². The SMILES string of the molecule is NC(=O)COCC(=O)N1C[C@@H](c2ccccc2)O[C@@H](C2CC2)C1. The third-order valence-corrected chi connectivity index (χ3v) is 4.27. The molecule has 1 saturated carbocycles. The van der Waals surface area contributed by atoms with Crippen LogP contribution >= 0.6 is 0 Å². The summed E-state index contributed by atoms with van der Waals surface area (Å²) in [5.74, 6) is -0.151. The highest BCUT2D eigenvalue weighted by atomic mass is 16.5. The summed E-state index contributed by atoms with van der Waals surface area (Å²) in [5.41, 5.74) is 6.09. The van der Waals surface area contributed by atoms with Gasteiger partial charge >= 0.3 is 0 Å². The number of hydrogen-bond acceptors (Lipinski definition) is 4. The van der Waals surface area contributed by atoms with Crippen LogP contribution < -0.4 is 5.73 Å². The molecular formula is C17H22N2O4. The van der Waals surface area contributed by atoms with Crippen LogP contribution in [0.2, 0.25) is 0 Å². The Morgan fingerprint density at radius 1 is 1.17 bits per heavy atom. The standard InChI is InChI=1S/C17H22N2O4/c18-16(20)10-22-11-17(21)19-8-14(12-4-2-1-3-5-12)23-15(9-19)13-6-7-13/h1-5,13-15H,6-11H2,(H2,18,20)/t14-,15+/m0/s1. The van der Waals surface area contributed by atoms with Gasteiger partial charge in [-0.3, -0.25) is 9.59 Å². The molecule has 0 bridgehead atoms. The molecule has 6 heteroatoms. The first-order chi connectivity index (χ1) is 11.1. The number of amides is 2. The lowest BCUT2D eigenvalue weighted by Crippen LogP contribution is -2.49. The van der Waals surface area contributed by atoms with E-state index in [2.05, 4.69) is 0 Å². The molecule has 0 aromatic heterocycles. The summed E-state index contributed by atoms with van der Waals surface area (Å²) in [5, 5.41) is 0. The molecule has 0 radical (unpaired) electrons. The molecule has 23 heavy (non-hydrogen) atoms. The number of benzene rings is 1. The van der Waals surface area contributed by atoms with Crippen LogP contribution in [0.4, 0.5) is 0 Å². The van der Waals surface area contributed by atoms with E-state index in [4.69, 9.17) is 15.2 Å². The van der Waals surface area contributed by atoms with Gasteiger partial charge in [0, 0.05) is 6.54 Å². The molecular weight excluding hydrogens is 296 g/mol. The maximum atomic E-state index is 12.3. The first kappa shape index (κ1) is 16.0. The third-order valence-electron chi connectivity index (χ3n) is 4.27. The molecule has 2 fully saturated rings. The summed E-state index contributed by atoms with van der Waals surface area (Å²) < 4.78 is 11.3. The molecule has 3 rings (SSSR count). The lowest BCUT2D eigenvalue weighted by Gasteiger charge is -2.38. The van der Waals surface area contributed by atoms with E-state index in [0.717, 1.165) is 18.4 Å². The van der Waals surface area contributed by atoms with Gasteiger partial charge in [-0.25, -0.2) is 0 Å². The van der Waals surface area contributed by atoms with Crippen LogP contribution in [0, 0.1) is 5.92 Å². The van der Waals surface area contributed by atoms with Crippen LogP contribution in [-0.4, -0.2) is 49.1 Å². The normalized spacial score (nSPS) is 24.4. The van der Waals surface area contributed by atoms with Crippen LogP contribution in [0.1, 0.15) is 24.5 Å². The minimum absolute atomic E-state index is 0.0778. The Balaban J connectivity index is 1.64. The summed E-state index contributed by atoms with van der Waals surface area (Å²) in [6.45, 7) is 0.741. The second kappa shape index (κ2) is 7.10. The maximum Gasteiger partial charge on any atom is 0.248 e. The first-order valence-corrected chi connectivity index (χ1v) is 7.97. The summed E-state index contributed by atoms with van der Waals surface area (Å²) >= 11 is 0. The molecule has 2 aliphatic rings. The minimum atomic E-state index is -0.571. The molecule has 6 nitrogen and oxygen atoms in total. The lowest BCUT2D eigenvalue weighted by molar-refractivity contribution is -0.153. The van der Waals surface area contributed by atoms with Crippen molar-refractivity contribution in [2.45, 2.75) is 25.0 Å². The van der Waals surface area contributed by atoms with Crippen molar-refractivity contribution in [2.24, 2.45) is 11.7 Å². The largest absolute Gasteiger partial charge is 0.368 e. The van der Waals surface area contributed by atoms with Crippen molar-refractivity contribution in [3.63, 3.8) is 0 Å². The molecule has 0 unspecified atom stereocenters. The molecule has 1 aromatic rings. The zero-order chi connectivity index (χ0) is 16.2. The van der Waals surface area contributed by atoms with Gasteiger partial charge in [0.15, 0.2) is 0 Å². The fraction of sp³-hybridized carbons (Fsp3) is 0.529. The Labute approximate surface area is 135 Å². The number of rotatable bonds is 6. The van der Waals surface area contributed by atoms with E-state index in [1.807, 2.05) is 30.3 Å². The van der Waals surface area contributed by atoms with Crippen LogP contribution in [0.5, 0.6) is 0 Å². The Kier molecular flexibility index (Phi) is 4.93. The molecule has 1 saturated heterocycles. The topological polar surface area (TPSA) is 81.9 Å². The second-order valence-corrected chi connectivity index (χ2v) is 6.17. The molecule has 2 atom stereocenters. The Morgan fingerprint density at radius 3 is 2.57 bits per heavy atom. The van der Waals surface area contributed by atoms with Crippen molar-refractivity contribution >= 4 is 11.8 Å². The monoisotopic (exact) mass is 318 g/mol. The number of morpholine rings is 1. The highest BCUT2D eigenvalue weighted by molar-refractivity contribution is 5.79. The average Bonchev–Trinajstić information content (AvgIpc) is 3.40. The number of ether oxygens (including phenoxy) is 2. The highest BCUT2D eigenvalue weighted by Crippen LogP contribution is 2.39. The van der Waals surface area contributed by atoms with Crippen LogP contribution in [0.3, 0.4) is 0 Å². The fourth-order valence-electron chi connectivity index (χ4n) is 2.90. The predicted octanol–water partition coefficient (Wildman–Crippen LogP) is 0.867. The first-order valence-electron chi connectivity index (χ1n) is 7.97. The number of nitrogens with two attached hydrogens (primary N) is 1. The molecule has 124 valence electrons. The Bertz CT molecular complexity index is 559. The van der Waals surface area contributed by atoms with Crippen LogP contribution in [0.15, 0.2) is 30.3 Å². The van der Waals surface area contributed by atoms with Gasteiger partial charge in [0.25, 0.3) is 0 Å². The van der Waals surface area contributed by atoms with Crippen molar-refractivity contribution in [1.29, 1.82) is 0 Å². The third kappa shape index (κ3) is 4.30. The quantitative estimate of drug-likeness (QED) is 0.844. The molecule has 1 aliphatic carbocycles. The lowest BCUT2D eigenvalue weighted by atomic mass is 10.0. The van der Waals surface area contributed by atoms with E-state index in [-0.39, 0.29) is 31.3 Å². The zero-order valence-electron chi connectivity index (χ0n) is 13.0. The van der Waals surface area contributed by atoms with Gasteiger partial charge in [-0.15, -0.1) is 0 Å². The molecule has 1 aromatic carbocycles. The van der Waals surface area contributed by atoms with Crippen LogP contribution in [0.25, 0.3) is 0 Å². The number of hydrogen-bond donors (Lipinski definition) is 1. The van der Waals surface area contributed by atoms with Gasteiger partial charge in [0.1, 0.15) is 19.3 Å². The summed E-state index contributed by atoms with van der Waals surface area (Å²) in [7, 11) is 0. The van der Waals surface area contributed by atoms with Crippen molar-refractivity contribution in [1.82, 2.24) is 4.90 Å². The molecule has 1 aliphatic heterocycles. The molecule has 0 spiro atoms. The Hall–Kier alpha value is -1.92. The van der Waals surface area contributed by atoms with Gasteiger partial charge in [-0.2, -0.15) is 0 Å². The van der Waals surface area contributed by atoms with E-state index in [1.165, 1.54) is 0 Å². The molecule has 2 amide bonds. The van der Waals surface area contributed by atoms with Crippen molar-refractivity contribution < 1.29 is 19.1 Å². The number of carbonyl (C=O) groups excluding carboxylic acids is 2. The zero-order valence-corrected chi connectivity index (χ0v) is 13.0.